The number of benzene rings is 1. The van der Waals surface area contributed by atoms with E-state index in [9.17, 15) is 0 Å². The summed E-state index contributed by atoms with van der Waals surface area (Å²) in [6, 6.07) is 5.87. The Labute approximate surface area is 176 Å². The Kier molecular flexibility index (Phi) is 9.71. The van der Waals surface area contributed by atoms with E-state index in [-0.39, 0.29) is 24.0 Å². The predicted molar refractivity (Wildman–Crippen MR) is 118 cm³/mol. The van der Waals surface area contributed by atoms with E-state index in [1.54, 1.807) is 32.6 Å². The van der Waals surface area contributed by atoms with Crippen molar-refractivity contribution < 1.29 is 9.47 Å². The van der Waals surface area contributed by atoms with Crippen LogP contribution in [0.25, 0.3) is 0 Å². The molecule has 1 aromatic carbocycles. The molecule has 0 unspecified atom stereocenters. The van der Waals surface area contributed by atoms with Crippen LogP contribution in [0.1, 0.15) is 21.1 Å². The van der Waals surface area contributed by atoms with Gasteiger partial charge < -0.3 is 20.1 Å². The zero-order valence-corrected chi connectivity index (χ0v) is 19.0. The smallest absolute Gasteiger partial charge is 0.191 e. The molecule has 2 rings (SSSR count). The highest BCUT2D eigenvalue weighted by Crippen LogP contribution is 2.27. The Bertz CT molecular complexity index is 734. The van der Waals surface area contributed by atoms with Crippen molar-refractivity contribution in [3.05, 3.63) is 39.3 Å². The van der Waals surface area contributed by atoms with E-state index in [1.165, 1.54) is 4.88 Å². The van der Waals surface area contributed by atoms with Gasteiger partial charge in [0.1, 0.15) is 0 Å². The van der Waals surface area contributed by atoms with Gasteiger partial charge in [0, 0.05) is 31.4 Å². The lowest BCUT2D eigenvalue weighted by Crippen LogP contribution is -2.37. The number of ether oxygens (including phenoxy) is 2. The van der Waals surface area contributed by atoms with Gasteiger partial charge >= 0.3 is 0 Å². The zero-order chi connectivity index (χ0) is 18.2. The molecule has 1 heterocycles. The standard InChI is InChI=1S/C18H26N4O2S.HI/c1-12-17(25-13(2)22-12)8-9-20-18(19-3)21-11-14-6-7-15(23-4)16(10-14)24-5;/h6-7,10H,8-9,11H2,1-5H3,(H2,19,20,21);1H. The van der Waals surface area contributed by atoms with Crippen molar-refractivity contribution in [3.8, 4) is 11.5 Å². The molecule has 0 amide bonds. The minimum absolute atomic E-state index is 0. The second kappa shape index (κ2) is 11.2. The van der Waals surface area contributed by atoms with Crippen molar-refractivity contribution in [2.45, 2.75) is 26.8 Å². The number of methoxy groups -OCH3 is 2. The fraction of sp³-hybridized carbons (Fsp3) is 0.444. The minimum Gasteiger partial charge on any atom is -0.493 e. The Morgan fingerprint density at radius 2 is 1.88 bits per heavy atom. The summed E-state index contributed by atoms with van der Waals surface area (Å²) in [4.78, 5) is 10.0. The second-order valence-corrected chi connectivity index (χ2v) is 6.82. The molecular formula is C18H27IN4O2S. The number of aliphatic imine (C=N–C) groups is 1. The van der Waals surface area contributed by atoms with Crippen molar-refractivity contribution in [1.82, 2.24) is 15.6 Å². The van der Waals surface area contributed by atoms with Gasteiger partial charge in [-0.05, 0) is 31.5 Å². The first-order valence-electron chi connectivity index (χ1n) is 8.15. The topological polar surface area (TPSA) is 67.8 Å². The lowest BCUT2D eigenvalue weighted by atomic mass is 10.2. The fourth-order valence-electron chi connectivity index (χ4n) is 2.50. The summed E-state index contributed by atoms with van der Waals surface area (Å²) >= 11 is 1.75. The van der Waals surface area contributed by atoms with Gasteiger partial charge in [0.25, 0.3) is 0 Å². The molecule has 2 N–H and O–H groups in total. The number of nitrogens with one attached hydrogen (secondary N) is 2. The van der Waals surface area contributed by atoms with Gasteiger partial charge in [-0.25, -0.2) is 4.98 Å². The van der Waals surface area contributed by atoms with Crippen LogP contribution in [0.5, 0.6) is 11.5 Å². The van der Waals surface area contributed by atoms with Crippen LogP contribution in [0.15, 0.2) is 23.2 Å². The van der Waals surface area contributed by atoms with Crippen LogP contribution >= 0.6 is 35.3 Å². The minimum atomic E-state index is 0. The summed E-state index contributed by atoms with van der Waals surface area (Å²) in [5.74, 6) is 2.22. The molecule has 0 saturated heterocycles. The maximum atomic E-state index is 5.33. The SMILES string of the molecule is CN=C(NCCc1sc(C)nc1C)NCc1ccc(OC)c(OC)c1.I. The monoisotopic (exact) mass is 490 g/mol. The fourth-order valence-corrected chi connectivity index (χ4v) is 3.43. The average molecular weight is 490 g/mol. The number of thiazole rings is 1. The van der Waals surface area contributed by atoms with Gasteiger partial charge in [0.2, 0.25) is 0 Å². The number of hydrogen-bond donors (Lipinski definition) is 2. The van der Waals surface area contributed by atoms with Crippen molar-refractivity contribution in [3.63, 3.8) is 0 Å². The third kappa shape index (κ3) is 6.31. The van der Waals surface area contributed by atoms with Gasteiger partial charge in [0.05, 0.1) is 24.9 Å². The molecule has 26 heavy (non-hydrogen) atoms. The maximum Gasteiger partial charge on any atom is 0.191 e. The zero-order valence-electron chi connectivity index (χ0n) is 15.9. The molecule has 6 nitrogen and oxygen atoms in total. The highest BCUT2D eigenvalue weighted by atomic mass is 127. The van der Waals surface area contributed by atoms with E-state index >= 15 is 0 Å². The number of aryl methyl sites for hydroxylation is 2. The second-order valence-electron chi connectivity index (χ2n) is 5.53. The van der Waals surface area contributed by atoms with Crippen LogP contribution in [-0.4, -0.2) is 38.8 Å². The summed E-state index contributed by atoms with van der Waals surface area (Å²) in [7, 11) is 5.04. The van der Waals surface area contributed by atoms with Gasteiger partial charge in [-0.1, -0.05) is 6.07 Å². The summed E-state index contributed by atoms with van der Waals surface area (Å²) < 4.78 is 10.6. The first-order chi connectivity index (χ1) is 12.1. The van der Waals surface area contributed by atoms with Gasteiger partial charge in [-0.15, -0.1) is 35.3 Å². The van der Waals surface area contributed by atoms with Crippen LogP contribution in [0.2, 0.25) is 0 Å². The number of halogens is 1. The molecule has 0 saturated carbocycles. The summed E-state index contributed by atoms with van der Waals surface area (Å²) in [5, 5.41) is 7.76. The Morgan fingerprint density at radius 3 is 2.46 bits per heavy atom. The number of guanidine groups is 1. The Morgan fingerprint density at radius 1 is 1.15 bits per heavy atom. The molecule has 2 aromatic rings. The normalized spacial score (nSPS) is 10.9. The third-order valence-corrected chi connectivity index (χ3v) is 4.91. The maximum absolute atomic E-state index is 5.33. The summed E-state index contributed by atoms with van der Waals surface area (Å²) in [5.41, 5.74) is 2.21. The Balaban J connectivity index is 0.00000338. The van der Waals surface area contributed by atoms with Gasteiger partial charge in [-0.3, -0.25) is 4.99 Å². The number of hydrogen-bond acceptors (Lipinski definition) is 5. The highest BCUT2D eigenvalue weighted by molar-refractivity contribution is 14.0. The van der Waals surface area contributed by atoms with E-state index in [0.29, 0.717) is 6.54 Å². The molecule has 0 spiro atoms. The molecule has 144 valence electrons. The van der Waals surface area contributed by atoms with Crippen LogP contribution < -0.4 is 20.1 Å². The quantitative estimate of drug-likeness (QED) is 0.354. The molecule has 1 aromatic heterocycles. The number of aromatic nitrogens is 1. The predicted octanol–water partition coefficient (Wildman–Crippen LogP) is 3.30. The van der Waals surface area contributed by atoms with Gasteiger partial charge in [0.15, 0.2) is 17.5 Å². The van der Waals surface area contributed by atoms with Crippen LogP contribution in [0.4, 0.5) is 0 Å². The first kappa shape index (κ1) is 22.5. The first-order valence-corrected chi connectivity index (χ1v) is 8.97. The lowest BCUT2D eigenvalue weighted by Gasteiger charge is -2.13. The van der Waals surface area contributed by atoms with E-state index in [1.807, 2.05) is 25.1 Å². The molecule has 0 radical (unpaired) electrons. The van der Waals surface area contributed by atoms with Crippen molar-refractivity contribution in [2.24, 2.45) is 4.99 Å². The van der Waals surface area contributed by atoms with Crippen molar-refractivity contribution in [2.75, 3.05) is 27.8 Å². The molecular weight excluding hydrogens is 463 g/mol. The summed E-state index contributed by atoms with van der Waals surface area (Å²) in [6.07, 6.45) is 0.939. The lowest BCUT2D eigenvalue weighted by molar-refractivity contribution is 0.354. The number of rotatable bonds is 7. The number of nitrogens with zero attached hydrogens (tertiary/aromatic N) is 2. The van der Waals surface area contributed by atoms with E-state index < -0.39 is 0 Å². The molecule has 0 aliphatic carbocycles. The van der Waals surface area contributed by atoms with Crippen molar-refractivity contribution >= 4 is 41.3 Å². The van der Waals surface area contributed by atoms with E-state index in [4.69, 9.17) is 9.47 Å². The molecule has 0 atom stereocenters. The van der Waals surface area contributed by atoms with Crippen molar-refractivity contribution in [1.29, 1.82) is 0 Å². The highest BCUT2D eigenvalue weighted by Gasteiger charge is 2.07. The third-order valence-electron chi connectivity index (χ3n) is 3.78. The molecule has 0 aliphatic rings. The van der Waals surface area contributed by atoms with Gasteiger partial charge in [-0.2, -0.15) is 0 Å². The molecule has 8 heteroatoms. The average Bonchev–Trinajstić information content (AvgIpc) is 2.94. The van der Waals surface area contributed by atoms with E-state index in [0.717, 1.165) is 46.7 Å². The largest absolute Gasteiger partial charge is 0.493 e. The Hall–Kier alpha value is -1.55. The molecule has 0 aliphatic heterocycles. The summed E-state index contributed by atoms with van der Waals surface area (Å²) in [6.45, 7) is 5.56. The molecule has 0 bridgehead atoms. The van der Waals surface area contributed by atoms with E-state index in [2.05, 4.69) is 27.5 Å². The van der Waals surface area contributed by atoms with Crippen LogP contribution in [0, 0.1) is 13.8 Å². The molecule has 0 fully saturated rings. The van der Waals surface area contributed by atoms with Crippen LogP contribution in [-0.2, 0) is 13.0 Å². The van der Waals surface area contributed by atoms with Crippen LogP contribution in [0.3, 0.4) is 0 Å².